The highest BCUT2D eigenvalue weighted by molar-refractivity contribution is 9.10. The zero-order valence-corrected chi connectivity index (χ0v) is 11.7. The lowest BCUT2D eigenvalue weighted by Gasteiger charge is -2.09. The van der Waals surface area contributed by atoms with Crippen molar-refractivity contribution in [3.05, 3.63) is 52.4 Å². The van der Waals surface area contributed by atoms with Crippen LogP contribution in [0.4, 0.5) is 15.9 Å². The van der Waals surface area contributed by atoms with E-state index < -0.39 is 11.7 Å². The van der Waals surface area contributed by atoms with Crippen LogP contribution in [0.1, 0.15) is 10.4 Å². The highest BCUT2D eigenvalue weighted by Crippen LogP contribution is 2.18. The van der Waals surface area contributed by atoms with Crippen molar-refractivity contribution in [1.82, 2.24) is 4.98 Å². The smallest absolute Gasteiger partial charge is 0.259 e. The molecule has 0 aliphatic rings. The van der Waals surface area contributed by atoms with Gasteiger partial charge in [-0.1, -0.05) is 22.0 Å². The van der Waals surface area contributed by atoms with E-state index in [1.807, 2.05) is 6.07 Å². The first-order valence-corrected chi connectivity index (χ1v) is 6.29. The number of rotatable bonds is 3. The van der Waals surface area contributed by atoms with E-state index in [9.17, 15) is 9.18 Å². The molecule has 0 aliphatic carbocycles. The SMILES string of the molecule is CNc1ncc(F)cc1C(=O)Nc1cccc(Br)c1. The maximum atomic E-state index is 13.2. The molecule has 0 spiro atoms. The third kappa shape index (κ3) is 3.29. The average Bonchev–Trinajstić information content (AvgIpc) is 2.38. The van der Waals surface area contributed by atoms with Crippen LogP contribution in [0.25, 0.3) is 0 Å². The molecule has 2 rings (SSSR count). The van der Waals surface area contributed by atoms with Crippen LogP contribution in [0.5, 0.6) is 0 Å². The minimum atomic E-state index is -0.557. The largest absolute Gasteiger partial charge is 0.372 e. The van der Waals surface area contributed by atoms with Gasteiger partial charge in [-0.3, -0.25) is 4.79 Å². The van der Waals surface area contributed by atoms with Crippen LogP contribution < -0.4 is 10.6 Å². The molecule has 0 aliphatic heterocycles. The molecule has 0 atom stereocenters. The highest BCUT2D eigenvalue weighted by atomic mass is 79.9. The van der Waals surface area contributed by atoms with Crippen LogP contribution in [0.2, 0.25) is 0 Å². The second kappa shape index (κ2) is 5.79. The number of pyridine rings is 1. The first kappa shape index (κ1) is 13.5. The molecule has 98 valence electrons. The molecule has 1 aromatic carbocycles. The molecule has 0 fully saturated rings. The number of amides is 1. The zero-order chi connectivity index (χ0) is 13.8. The summed E-state index contributed by atoms with van der Waals surface area (Å²) in [4.78, 5) is 15.9. The first-order chi connectivity index (χ1) is 9.10. The molecule has 0 radical (unpaired) electrons. The van der Waals surface area contributed by atoms with E-state index in [1.54, 1.807) is 25.2 Å². The van der Waals surface area contributed by atoms with E-state index in [4.69, 9.17) is 0 Å². The summed E-state index contributed by atoms with van der Waals surface area (Å²) in [6, 6.07) is 8.28. The van der Waals surface area contributed by atoms with Crippen LogP contribution in [0.15, 0.2) is 41.0 Å². The summed E-state index contributed by atoms with van der Waals surface area (Å²) in [5, 5.41) is 5.44. The van der Waals surface area contributed by atoms with Crippen molar-refractivity contribution < 1.29 is 9.18 Å². The summed E-state index contributed by atoms with van der Waals surface area (Å²) in [6.45, 7) is 0. The minimum absolute atomic E-state index is 0.155. The molecular weight excluding hydrogens is 313 g/mol. The number of nitrogens with zero attached hydrogens (tertiary/aromatic N) is 1. The molecule has 19 heavy (non-hydrogen) atoms. The third-order valence-electron chi connectivity index (χ3n) is 2.42. The number of halogens is 2. The Balaban J connectivity index is 2.27. The second-order valence-electron chi connectivity index (χ2n) is 3.76. The molecule has 2 aromatic rings. The van der Waals surface area contributed by atoms with Crippen LogP contribution in [0.3, 0.4) is 0 Å². The van der Waals surface area contributed by atoms with Gasteiger partial charge < -0.3 is 10.6 Å². The van der Waals surface area contributed by atoms with E-state index in [0.717, 1.165) is 16.7 Å². The van der Waals surface area contributed by atoms with Gasteiger partial charge in [0.1, 0.15) is 11.6 Å². The van der Waals surface area contributed by atoms with Crippen LogP contribution in [-0.2, 0) is 0 Å². The van der Waals surface area contributed by atoms with Crippen molar-refractivity contribution in [1.29, 1.82) is 0 Å². The fourth-order valence-electron chi connectivity index (χ4n) is 1.58. The number of anilines is 2. The van der Waals surface area contributed by atoms with Crippen LogP contribution >= 0.6 is 15.9 Å². The molecule has 1 heterocycles. The number of benzene rings is 1. The Hall–Kier alpha value is -1.95. The highest BCUT2D eigenvalue weighted by Gasteiger charge is 2.13. The molecule has 1 amide bonds. The monoisotopic (exact) mass is 323 g/mol. The number of aromatic nitrogens is 1. The number of hydrogen-bond donors (Lipinski definition) is 2. The first-order valence-electron chi connectivity index (χ1n) is 5.50. The summed E-state index contributed by atoms with van der Waals surface area (Å²) in [6.07, 6.45) is 1.06. The Kier molecular flexibility index (Phi) is 4.11. The lowest BCUT2D eigenvalue weighted by atomic mass is 10.2. The van der Waals surface area contributed by atoms with Crippen molar-refractivity contribution in [3.63, 3.8) is 0 Å². The predicted molar refractivity (Wildman–Crippen MR) is 75.8 cm³/mol. The van der Waals surface area contributed by atoms with E-state index in [0.29, 0.717) is 11.5 Å². The van der Waals surface area contributed by atoms with Crippen molar-refractivity contribution in [2.75, 3.05) is 17.7 Å². The van der Waals surface area contributed by atoms with Crippen molar-refractivity contribution in [2.45, 2.75) is 0 Å². The summed E-state index contributed by atoms with van der Waals surface area (Å²) < 4.78 is 14.0. The maximum Gasteiger partial charge on any atom is 0.259 e. The summed E-state index contributed by atoms with van der Waals surface area (Å²) in [7, 11) is 1.62. The number of carbonyl (C=O) groups is 1. The van der Waals surface area contributed by atoms with Gasteiger partial charge in [-0.25, -0.2) is 9.37 Å². The van der Waals surface area contributed by atoms with Crippen LogP contribution in [-0.4, -0.2) is 17.9 Å². The summed E-state index contributed by atoms with van der Waals surface area (Å²) >= 11 is 3.31. The molecule has 0 saturated heterocycles. The van der Waals surface area contributed by atoms with E-state index in [-0.39, 0.29) is 5.56 Å². The lowest BCUT2D eigenvalue weighted by molar-refractivity contribution is 0.102. The predicted octanol–water partition coefficient (Wildman–Crippen LogP) is 3.28. The van der Waals surface area contributed by atoms with Gasteiger partial charge in [0.25, 0.3) is 5.91 Å². The zero-order valence-electron chi connectivity index (χ0n) is 10.1. The topological polar surface area (TPSA) is 54.0 Å². The van der Waals surface area contributed by atoms with E-state index in [1.165, 1.54) is 0 Å². The van der Waals surface area contributed by atoms with Crippen molar-refractivity contribution in [3.8, 4) is 0 Å². The van der Waals surface area contributed by atoms with Gasteiger partial charge in [0.2, 0.25) is 0 Å². The van der Waals surface area contributed by atoms with Crippen LogP contribution in [0, 0.1) is 5.82 Å². The van der Waals surface area contributed by atoms with Gasteiger partial charge in [0, 0.05) is 17.2 Å². The summed E-state index contributed by atoms with van der Waals surface area (Å²) in [5.74, 6) is -0.651. The molecular formula is C13H11BrFN3O. The van der Waals surface area contributed by atoms with Gasteiger partial charge in [-0.15, -0.1) is 0 Å². The number of carbonyl (C=O) groups excluding carboxylic acids is 1. The van der Waals surface area contributed by atoms with Gasteiger partial charge >= 0.3 is 0 Å². The van der Waals surface area contributed by atoms with Gasteiger partial charge in [-0.05, 0) is 24.3 Å². The van der Waals surface area contributed by atoms with E-state index in [2.05, 4.69) is 31.5 Å². The van der Waals surface area contributed by atoms with Gasteiger partial charge in [0.15, 0.2) is 0 Å². The average molecular weight is 324 g/mol. The fraction of sp³-hybridized carbons (Fsp3) is 0.0769. The number of hydrogen-bond acceptors (Lipinski definition) is 3. The Morgan fingerprint density at radius 3 is 2.84 bits per heavy atom. The number of nitrogens with one attached hydrogen (secondary N) is 2. The van der Waals surface area contributed by atoms with E-state index >= 15 is 0 Å². The molecule has 4 nitrogen and oxygen atoms in total. The molecule has 2 N–H and O–H groups in total. The maximum absolute atomic E-state index is 13.2. The second-order valence-corrected chi connectivity index (χ2v) is 4.68. The molecule has 0 saturated carbocycles. The Morgan fingerprint density at radius 1 is 1.37 bits per heavy atom. The molecule has 0 unspecified atom stereocenters. The Labute approximate surface area is 118 Å². The quantitative estimate of drug-likeness (QED) is 0.911. The fourth-order valence-corrected chi connectivity index (χ4v) is 1.98. The van der Waals surface area contributed by atoms with Gasteiger partial charge in [0.05, 0.1) is 11.8 Å². The van der Waals surface area contributed by atoms with Gasteiger partial charge in [-0.2, -0.15) is 0 Å². The third-order valence-corrected chi connectivity index (χ3v) is 2.91. The van der Waals surface area contributed by atoms with Crippen molar-refractivity contribution in [2.24, 2.45) is 0 Å². The molecule has 0 bridgehead atoms. The lowest BCUT2D eigenvalue weighted by Crippen LogP contribution is -2.15. The van der Waals surface area contributed by atoms with Crippen molar-refractivity contribution >= 4 is 33.3 Å². The Morgan fingerprint density at radius 2 is 2.16 bits per heavy atom. The molecule has 1 aromatic heterocycles. The summed E-state index contributed by atoms with van der Waals surface area (Å²) in [5.41, 5.74) is 0.771. The Bertz CT molecular complexity index is 619. The molecule has 6 heteroatoms. The normalized spacial score (nSPS) is 10.1. The standard InChI is InChI=1S/C13H11BrFN3O/c1-16-12-11(6-9(15)7-17-12)13(19)18-10-4-2-3-8(14)5-10/h2-7H,1H3,(H,16,17)(H,18,19). The minimum Gasteiger partial charge on any atom is -0.372 e.